The summed E-state index contributed by atoms with van der Waals surface area (Å²) >= 11 is 1.84. The minimum atomic E-state index is -0.165. The zero-order valence-electron chi connectivity index (χ0n) is 13.1. The molecule has 0 amide bonds. The molecule has 1 aromatic carbocycles. The van der Waals surface area contributed by atoms with E-state index in [1.807, 2.05) is 17.8 Å². The van der Waals surface area contributed by atoms with Gasteiger partial charge in [-0.15, -0.1) is 11.8 Å². The monoisotopic (exact) mass is 294 g/mol. The van der Waals surface area contributed by atoms with Gasteiger partial charge in [0.25, 0.3) is 0 Å². The quantitative estimate of drug-likeness (QED) is 0.419. The van der Waals surface area contributed by atoms with E-state index >= 15 is 0 Å². The predicted octanol–water partition coefficient (Wildman–Crippen LogP) is 5.67. The summed E-state index contributed by atoms with van der Waals surface area (Å²) in [6, 6.07) is 10.5. The van der Waals surface area contributed by atoms with Crippen molar-refractivity contribution in [3.63, 3.8) is 0 Å². The Morgan fingerprint density at radius 2 is 1.60 bits per heavy atom. The van der Waals surface area contributed by atoms with Crippen LogP contribution in [0.2, 0.25) is 0 Å². The van der Waals surface area contributed by atoms with E-state index in [1.54, 1.807) is 0 Å². The van der Waals surface area contributed by atoms with Gasteiger partial charge in [0.1, 0.15) is 0 Å². The van der Waals surface area contributed by atoms with Crippen molar-refractivity contribution >= 4 is 11.8 Å². The maximum atomic E-state index is 10.4. The van der Waals surface area contributed by atoms with Crippen LogP contribution >= 0.6 is 11.8 Å². The highest BCUT2D eigenvalue weighted by Gasteiger charge is 2.19. The van der Waals surface area contributed by atoms with Gasteiger partial charge in [-0.3, -0.25) is 0 Å². The number of hydrogen-bond acceptors (Lipinski definition) is 2. The van der Waals surface area contributed by atoms with E-state index in [1.165, 1.54) is 30.6 Å². The van der Waals surface area contributed by atoms with Crippen molar-refractivity contribution in [3.05, 3.63) is 30.3 Å². The van der Waals surface area contributed by atoms with Crippen molar-refractivity contribution in [3.8, 4) is 0 Å². The van der Waals surface area contributed by atoms with Crippen LogP contribution in [0, 0.1) is 0 Å². The molecule has 0 aliphatic rings. The van der Waals surface area contributed by atoms with Gasteiger partial charge >= 0.3 is 0 Å². The first-order valence-corrected chi connectivity index (χ1v) is 9.05. The Hall–Kier alpha value is -0.470. The summed E-state index contributed by atoms with van der Waals surface area (Å²) in [7, 11) is 0. The molecule has 0 aliphatic heterocycles. The Morgan fingerprint density at radius 1 is 0.900 bits per heavy atom. The molecule has 0 radical (unpaired) electrons. The first kappa shape index (κ1) is 17.6. The summed E-state index contributed by atoms with van der Waals surface area (Å²) in [5.74, 6) is 0. The van der Waals surface area contributed by atoms with E-state index in [9.17, 15) is 5.11 Å². The Bertz CT molecular complexity index is 325. The lowest BCUT2D eigenvalue weighted by Gasteiger charge is -2.22. The first-order chi connectivity index (χ1) is 9.77. The SMILES string of the molecule is CCCCCCC[C@@H](O)[C@@H](CCC)Sc1ccccc1. The fourth-order valence-electron chi connectivity index (χ4n) is 2.43. The van der Waals surface area contributed by atoms with Crippen LogP contribution in [0.1, 0.15) is 65.2 Å². The summed E-state index contributed by atoms with van der Waals surface area (Å²) in [4.78, 5) is 1.27. The lowest BCUT2D eigenvalue weighted by atomic mass is 10.0. The average molecular weight is 295 g/mol. The molecular formula is C18H30OS. The third-order valence-corrected chi connectivity index (χ3v) is 5.03. The second-order valence-electron chi connectivity index (χ2n) is 5.53. The van der Waals surface area contributed by atoms with Gasteiger partial charge in [-0.1, -0.05) is 70.6 Å². The Kier molecular flexibility index (Phi) is 9.86. The van der Waals surface area contributed by atoms with Crippen LogP contribution in [0.3, 0.4) is 0 Å². The molecule has 0 spiro atoms. The third-order valence-electron chi connectivity index (χ3n) is 3.64. The summed E-state index contributed by atoms with van der Waals surface area (Å²) in [6.07, 6.45) is 9.37. The Labute approximate surface area is 129 Å². The molecule has 2 heteroatoms. The number of unbranched alkanes of at least 4 members (excludes halogenated alkanes) is 4. The van der Waals surface area contributed by atoms with Crippen molar-refractivity contribution in [2.24, 2.45) is 0 Å². The molecule has 0 fully saturated rings. The second kappa shape index (κ2) is 11.2. The van der Waals surface area contributed by atoms with Crippen LogP contribution in [-0.2, 0) is 0 Å². The van der Waals surface area contributed by atoms with E-state index < -0.39 is 0 Å². The van der Waals surface area contributed by atoms with E-state index in [4.69, 9.17) is 0 Å². The first-order valence-electron chi connectivity index (χ1n) is 8.17. The van der Waals surface area contributed by atoms with Crippen LogP contribution in [0.25, 0.3) is 0 Å². The van der Waals surface area contributed by atoms with E-state index in [2.05, 4.69) is 38.1 Å². The molecule has 114 valence electrons. The minimum absolute atomic E-state index is 0.165. The second-order valence-corrected chi connectivity index (χ2v) is 6.84. The molecule has 20 heavy (non-hydrogen) atoms. The Morgan fingerprint density at radius 3 is 2.25 bits per heavy atom. The predicted molar refractivity (Wildman–Crippen MR) is 90.4 cm³/mol. The molecule has 0 bridgehead atoms. The summed E-state index contributed by atoms with van der Waals surface area (Å²) in [6.45, 7) is 4.44. The molecule has 0 aliphatic carbocycles. The zero-order valence-corrected chi connectivity index (χ0v) is 13.9. The lowest BCUT2D eigenvalue weighted by molar-refractivity contribution is 0.154. The van der Waals surface area contributed by atoms with Gasteiger partial charge in [-0.05, 0) is 25.0 Å². The van der Waals surface area contributed by atoms with E-state index in [0.29, 0.717) is 5.25 Å². The maximum Gasteiger partial charge on any atom is 0.0662 e. The topological polar surface area (TPSA) is 20.2 Å². The van der Waals surface area contributed by atoms with Crippen LogP contribution < -0.4 is 0 Å². The molecule has 0 unspecified atom stereocenters. The number of aliphatic hydroxyl groups is 1. The maximum absolute atomic E-state index is 10.4. The van der Waals surface area contributed by atoms with E-state index in [-0.39, 0.29) is 6.10 Å². The molecule has 1 aromatic rings. The number of rotatable bonds is 11. The average Bonchev–Trinajstić information content (AvgIpc) is 2.47. The molecule has 1 nitrogen and oxygen atoms in total. The third kappa shape index (κ3) is 7.35. The molecule has 0 saturated heterocycles. The van der Waals surface area contributed by atoms with Crippen molar-refractivity contribution in [2.75, 3.05) is 0 Å². The fourth-order valence-corrected chi connectivity index (χ4v) is 3.74. The van der Waals surface area contributed by atoms with Gasteiger partial charge in [0, 0.05) is 10.1 Å². The van der Waals surface area contributed by atoms with Gasteiger partial charge in [0.15, 0.2) is 0 Å². The number of aliphatic hydroxyl groups excluding tert-OH is 1. The van der Waals surface area contributed by atoms with Crippen molar-refractivity contribution in [1.82, 2.24) is 0 Å². The summed E-state index contributed by atoms with van der Waals surface area (Å²) in [5, 5.41) is 10.8. The van der Waals surface area contributed by atoms with Crippen molar-refractivity contribution in [2.45, 2.75) is 81.5 Å². The van der Waals surface area contributed by atoms with Crippen molar-refractivity contribution in [1.29, 1.82) is 0 Å². The molecule has 0 saturated carbocycles. The zero-order chi connectivity index (χ0) is 14.6. The molecule has 1 N–H and O–H groups in total. The van der Waals surface area contributed by atoms with Gasteiger partial charge in [-0.25, -0.2) is 0 Å². The number of benzene rings is 1. The molecule has 0 heterocycles. The highest BCUT2D eigenvalue weighted by molar-refractivity contribution is 8.00. The summed E-state index contributed by atoms with van der Waals surface area (Å²) in [5.41, 5.74) is 0. The largest absolute Gasteiger partial charge is 0.392 e. The minimum Gasteiger partial charge on any atom is -0.392 e. The molecule has 2 atom stereocenters. The molecule has 0 aromatic heterocycles. The van der Waals surface area contributed by atoms with Crippen LogP contribution in [0.15, 0.2) is 35.2 Å². The van der Waals surface area contributed by atoms with Crippen LogP contribution in [0.4, 0.5) is 0 Å². The number of thioether (sulfide) groups is 1. The summed E-state index contributed by atoms with van der Waals surface area (Å²) < 4.78 is 0. The number of hydrogen-bond donors (Lipinski definition) is 1. The normalized spacial score (nSPS) is 14.2. The standard InChI is InChI=1S/C18H30OS/c1-3-5-6-7-11-15-17(19)18(12-4-2)20-16-13-9-8-10-14-16/h8-10,13-14,17-19H,3-7,11-12,15H2,1-2H3/t17-,18-/m1/s1. The highest BCUT2D eigenvalue weighted by Crippen LogP contribution is 2.30. The fraction of sp³-hybridized carbons (Fsp3) is 0.667. The smallest absolute Gasteiger partial charge is 0.0662 e. The van der Waals surface area contributed by atoms with Crippen molar-refractivity contribution < 1.29 is 5.11 Å². The molecule has 1 rings (SSSR count). The van der Waals surface area contributed by atoms with Gasteiger partial charge in [-0.2, -0.15) is 0 Å². The lowest BCUT2D eigenvalue weighted by Crippen LogP contribution is -2.22. The van der Waals surface area contributed by atoms with Gasteiger partial charge in [0.2, 0.25) is 0 Å². The van der Waals surface area contributed by atoms with Crippen LogP contribution in [-0.4, -0.2) is 16.5 Å². The van der Waals surface area contributed by atoms with Gasteiger partial charge in [0.05, 0.1) is 6.10 Å². The molecular weight excluding hydrogens is 264 g/mol. The Balaban J connectivity index is 2.36. The van der Waals surface area contributed by atoms with Crippen LogP contribution in [0.5, 0.6) is 0 Å². The van der Waals surface area contributed by atoms with E-state index in [0.717, 1.165) is 25.7 Å². The van der Waals surface area contributed by atoms with Gasteiger partial charge < -0.3 is 5.11 Å². The highest BCUT2D eigenvalue weighted by atomic mass is 32.2.